The molecule has 0 heterocycles. The molecular weight excluding hydrogens is 220 g/mol. The van der Waals surface area contributed by atoms with Gasteiger partial charge in [0.15, 0.2) is 11.5 Å². The van der Waals surface area contributed by atoms with Gasteiger partial charge >= 0.3 is 5.97 Å². The highest BCUT2D eigenvalue weighted by Gasteiger charge is 2.11. The molecule has 0 aromatic heterocycles. The average molecular weight is 238 g/mol. The monoisotopic (exact) mass is 238 g/mol. The Morgan fingerprint density at radius 3 is 2.53 bits per heavy atom. The number of hydrogen-bond acceptors (Lipinski definition) is 4. The Bertz CT molecular complexity index is 374. The molecule has 0 aliphatic rings. The van der Waals surface area contributed by atoms with Crippen LogP contribution in [0.15, 0.2) is 18.2 Å². The Balaban J connectivity index is 2.94. The average Bonchev–Trinajstić information content (AvgIpc) is 2.36. The molecule has 0 spiro atoms. The third-order valence-electron chi connectivity index (χ3n) is 2.13. The Morgan fingerprint density at radius 2 is 1.94 bits per heavy atom. The van der Waals surface area contributed by atoms with Crippen LogP contribution >= 0.6 is 0 Å². The molecule has 0 atom stereocenters. The second-order valence-electron chi connectivity index (χ2n) is 3.43. The summed E-state index contributed by atoms with van der Waals surface area (Å²) in [5.41, 5.74) is 0.458. The maximum Gasteiger partial charge on any atom is 0.337 e. The second kappa shape index (κ2) is 6.78. The molecule has 94 valence electrons. The fourth-order valence-corrected chi connectivity index (χ4v) is 1.35. The van der Waals surface area contributed by atoms with Gasteiger partial charge in [0.05, 0.1) is 25.9 Å². The fraction of sp³-hybridized carbons (Fsp3) is 0.462. The summed E-state index contributed by atoms with van der Waals surface area (Å²) in [4.78, 5) is 11.4. The first-order valence-corrected chi connectivity index (χ1v) is 5.70. The van der Waals surface area contributed by atoms with Crippen molar-refractivity contribution in [2.24, 2.45) is 0 Å². The molecule has 0 fully saturated rings. The van der Waals surface area contributed by atoms with E-state index in [0.717, 1.165) is 6.42 Å². The number of esters is 1. The summed E-state index contributed by atoms with van der Waals surface area (Å²) >= 11 is 0. The Morgan fingerprint density at radius 1 is 1.18 bits per heavy atom. The van der Waals surface area contributed by atoms with E-state index < -0.39 is 0 Å². The van der Waals surface area contributed by atoms with Crippen molar-refractivity contribution < 1.29 is 19.0 Å². The third kappa shape index (κ3) is 3.66. The van der Waals surface area contributed by atoms with Crippen LogP contribution in [-0.4, -0.2) is 26.3 Å². The minimum absolute atomic E-state index is 0.381. The predicted octanol–water partition coefficient (Wildman–Crippen LogP) is 2.66. The summed E-state index contributed by atoms with van der Waals surface area (Å²) in [5.74, 6) is 0.846. The minimum atomic E-state index is -0.381. The zero-order chi connectivity index (χ0) is 12.7. The SMILES string of the molecule is CCCOc1ccc(C(=O)OC)cc1OCC. The first kappa shape index (κ1) is 13.4. The Labute approximate surface area is 101 Å². The summed E-state index contributed by atoms with van der Waals surface area (Å²) in [6.07, 6.45) is 0.921. The van der Waals surface area contributed by atoms with Crippen LogP contribution in [0.2, 0.25) is 0 Å². The van der Waals surface area contributed by atoms with Crippen molar-refractivity contribution in [3.63, 3.8) is 0 Å². The van der Waals surface area contributed by atoms with Crippen LogP contribution in [0, 0.1) is 0 Å². The molecule has 4 nitrogen and oxygen atoms in total. The molecule has 0 amide bonds. The van der Waals surface area contributed by atoms with Crippen molar-refractivity contribution in [1.82, 2.24) is 0 Å². The van der Waals surface area contributed by atoms with Gasteiger partial charge in [-0.3, -0.25) is 0 Å². The van der Waals surface area contributed by atoms with Gasteiger partial charge in [0.25, 0.3) is 0 Å². The highest BCUT2D eigenvalue weighted by atomic mass is 16.5. The van der Waals surface area contributed by atoms with Crippen LogP contribution in [0.25, 0.3) is 0 Å². The molecule has 1 rings (SSSR count). The number of ether oxygens (including phenoxy) is 3. The lowest BCUT2D eigenvalue weighted by atomic mass is 10.2. The molecule has 1 aromatic carbocycles. The van der Waals surface area contributed by atoms with Gasteiger partial charge in [-0.1, -0.05) is 6.92 Å². The number of benzene rings is 1. The molecule has 0 radical (unpaired) electrons. The van der Waals surface area contributed by atoms with Crippen molar-refractivity contribution in [2.45, 2.75) is 20.3 Å². The van der Waals surface area contributed by atoms with Gasteiger partial charge in [0.2, 0.25) is 0 Å². The summed E-state index contributed by atoms with van der Waals surface area (Å²) in [5, 5.41) is 0. The van der Waals surface area contributed by atoms with Gasteiger partial charge in [-0.25, -0.2) is 4.79 Å². The molecule has 17 heavy (non-hydrogen) atoms. The molecule has 1 aromatic rings. The number of carbonyl (C=O) groups is 1. The van der Waals surface area contributed by atoms with Crippen molar-refractivity contribution in [3.05, 3.63) is 23.8 Å². The lowest BCUT2D eigenvalue weighted by Crippen LogP contribution is -2.04. The first-order chi connectivity index (χ1) is 8.22. The zero-order valence-corrected chi connectivity index (χ0v) is 10.5. The smallest absolute Gasteiger partial charge is 0.337 e. The van der Waals surface area contributed by atoms with E-state index in [2.05, 4.69) is 4.74 Å². The summed E-state index contributed by atoms with van der Waals surface area (Å²) in [7, 11) is 1.35. The van der Waals surface area contributed by atoms with Crippen LogP contribution in [0.4, 0.5) is 0 Å². The Kier molecular flexibility index (Phi) is 5.33. The fourth-order valence-electron chi connectivity index (χ4n) is 1.35. The van der Waals surface area contributed by atoms with E-state index >= 15 is 0 Å². The molecule has 0 bridgehead atoms. The van der Waals surface area contributed by atoms with Crippen molar-refractivity contribution >= 4 is 5.97 Å². The summed E-state index contributed by atoms with van der Waals surface area (Å²) < 4.78 is 15.6. The largest absolute Gasteiger partial charge is 0.490 e. The molecular formula is C13H18O4. The van der Waals surface area contributed by atoms with Gasteiger partial charge in [-0.15, -0.1) is 0 Å². The maximum absolute atomic E-state index is 11.4. The van der Waals surface area contributed by atoms with E-state index in [-0.39, 0.29) is 5.97 Å². The van der Waals surface area contributed by atoms with E-state index in [0.29, 0.717) is 30.3 Å². The quantitative estimate of drug-likeness (QED) is 0.715. The predicted molar refractivity (Wildman–Crippen MR) is 64.7 cm³/mol. The van der Waals surface area contributed by atoms with Gasteiger partial charge < -0.3 is 14.2 Å². The van der Waals surface area contributed by atoms with E-state index in [1.54, 1.807) is 18.2 Å². The van der Waals surface area contributed by atoms with E-state index in [1.165, 1.54) is 7.11 Å². The number of rotatable bonds is 6. The van der Waals surface area contributed by atoms with Gasteiger partial charge in [0.1, 0.15) is 0 Å². The van der Waals surface area contributed by atoms with Crippen molar-refractivity contribution in [1.29, 1.82) is 0 Å². The normalized spacial score (nSPS) is 9.82. The standard InChI is InChI=1S/C13H18O4/c1-4-8-17-11-7-6-10(13(14)15-3)9-12(11)16-5-2/h6-7,9H,4-5,8H2,1-3H3. The number of carbonyl (C=O) groups excluding carboxylic acids is 1. The van der Waals surface area contributed by atoms with Crippen molar-refractivity contribution in [3.8, 4) is 11.5 Å². The van der Waals surface area contributed by atoms with Gasteiger partial charge in [-0.05, 0) is 31.5 Å². The molecule has 0 aliphatic heterocycles. The highest BCUT2D eigenvalue weighted by molar-refractivity contribution is 5.90. The van der Waals surface area contributed by atoms with Crippen LogP contribution < -0.4 is 9.47 Å². The first-order valence-electron chi connectivity index (χ1n) is 5.70. The second-order valence-corrected chi connectivity index (χ2v) is 3.43. The Hall–Kier alpha value is -1.71. The van der Waals surface area contributed by atoms with Gasteiger partial charge in [-0.2, -0.15) is 0 Å². The maximum atomic E-state index is 11.4. The third-order valence-corrected chi connectivity index (χ3v) is 2.13. The summed E-state index contributed by atoms with van der Waals surface area (Å²) in [6.45, 7) is 5.06. The van der Waals surface area contributed by atoms with E-state index in [4.69, 9.17) is 9.47 Å². The lowest BCUT2D eigenvalue weighted by molar-refractivity contribution is 0.0600. The molecule has 0 saturated carbocycles. The number of hydrogen-bond donors (Lipinski definition) is 0. The summed E-state index contributed by atoms with van der Waals surface area (Å²) in [6, 6.07) is 5.03. The molecule has 4 heteroatoms. The van der Waals surface area contributed by atoms with Gasteiger partial charge in [0, 0.05) is 0 Å². The minimum Gasteiger partial charge on any atom is -0.490 e. The molecule has 0 saturated heterocycles. The zero-order valence-electron chi connectivity index (χ0n) is 10.5. The molecule has 0 aliphatic carbocycles. The van der Waals surface area contributed by atoms with E-state index in [1.807, 2.05) is 13.8 Å². The molecule has 0 unspecified atom stereocenters. The highest BCUT2D eigenvalue weighted by Crippen LogP contribution is 2.28. The van der Waals surface area contributed by atoms with Crippen LogP contribution in [-0.2, 0) is 4.74 Å². The van der Waals surface area contributed by atoms with Crippen LogP contribution in [0.3, 0.4) is 0 Å². The van der Waals surface area contributed by atoms with Crippen molar-refractivity contribution in [2.75, 3.05) is 20.3 Å². The van der Waals surface area contributed by atoms with Crippen LogP contribution in [0.1, 0.15) is 30.6 Å². The molecule has 0 N–H and O–H groups in total. The van der Waals surface area contributed by atoms with Crippen LogP contribution in [0.5, 0.6) is 11.5 Å². The number of methoxy groups -OCH3 is 1. The topological polar surface area (TPSA) is 44.8 Å². The van der Waals surface area contributed by atoms with E-state index in [9.17, 15) is 4.79 Å². The lowest BCUT2D eigenvalue weighted by Gasteiger charge is -2.12.